The number of nitrogens with zero attached hydrogens (tertiary/aromatic N) is 3. The Labute approximate surface area is 120 Å². The molecule has 0 aliphatic rings. The second-order valence-corrected chi connectivity index (χ2v) is 5.28. The number of esters is 1. The summed E-state index contributed by atoms with van der Waals surface area (Å²) in [5.41, 5.74) is -0.631. The number of hydrogen-bond donors (Lipinski definition) is 1. The molecule has 1 aromatic heterocycles. The minimum Gasteiger partial charge on any atom is -0.468 e. The van der Waals surface area contributed by atoms with Crippen molar-refractivity contribution in [3.8, 4) is 0 Å². The minimum atomic E-state index is -0.631. The third kappa shape index (κ3) is 4.30. The molecule has 6 heteroatoms. The average molecular weight is 282 g/mol. The normalized spacial score (nSPS) is 14.1. The summed E-state index contributed by atoms with van der Waals surface area (Å²) in [4.78, 5) is 16.2. The minimum absolute atomic E-state index is 0.211. The summed E-state index contributed by atoms with van der Waals surface area (Å²) in [6, 6.07) is 0. The summed E-state index contributed by atoms with van der Waals surface area (Å²) in [5.74, 6) is 1.48. The van der Waals surface area contributed by atoms with Crippen molar-refractivity contribution < 1.29 is 9.53 Å². The van der Waals surface area contributed by atoms with Crippen molar-refractivity contribution in [1.82, 2.24) is 20.1 Å². The van der Waals surface area contributed by atoms with E-state index < -0.39 is 5.54 Å². The van der Waals surface area contributed by atoms with Gasteiger partial charge in [-0.15, -0.1) is 0 Å². The van der Waals surface area contributed by atoms with Crippen molar-refractivity contribution in [3.63, 3.8) is 0 Å². The highest BCUT2D eigenvalue weighted by molar-refractivity contribution is 5.80. The van der Waals surface area contributed by atoms with Gasteiger partial charge in [-0.1, -0.05) is 6.92 Å². The molecular formula is C14H26N4O2. The van der Waals surface area contributed by atoms with Gasteiger partial charge in [-0.2, -0.15) is 5.10 Å². The molecule has 1 atom stereocenters. The fourth-order valence-electron chi connectivity index (χ4n) is 2.24. The highest BCUT2D eigenvalue weighted by Crippen LogP contribution is 2.15. The third-order valence-corrected chi connectivity index (χ3v) is 3.41. The van der Waals surface area contributed by atoms with E-state index in [1.807, 2.05) is 25.5 Å². The summed E-state index contributed by atoms with van der Waals surface area (Å²) in [6.45, 7) is 9.35. The summed E-state index contributed by atoms with van der Waals surface area (Å²) in [7, 11) is 1.43. The van der Waals surface area contributed by atoms with Crippen LogP contribution in [0.3, 0.4) is 0 Å². The maximum Gasteiger partial charge on any atom is 0.325 e. The van der Waals surface area contributed by atoms with Crippen LogP contribution in [0.15, 0.2) is 0 Å². The highest BCUT2D eigenvalue weighted by atomic mass is 16.5. The van der Waals surface area contributed by atoms with Crippen LogP contribution in [0.25, 0.3) is 0 Å². The van der Waals surface area contributed by atoms with Crippen LogP contribution in [0.1, 0.15) is 44.8 Å². The molecule has 114 valence electrons. The fraction of sp³-hybridized carbons (Fsp3) is 0.786. The van der Waals surface area contributed by atoms with Gasteiger partial charge in [0.25, 0.3) is 0 Å². The SMILES string of the molecule is CCCNC(C)(CCCn1nc(C)nc1C)C(=O)OC. The molecule has 6 nitrogen and oxygen atoms in total. The van der Waals surface area contributed by atoms with E-state index in [1.54, 1.807) is 0 Å². The number of carbonyl (C=O) groups excluding carboxylic acids is 1. The van der Waals surface area contributed by atoms with Gasteiger partial charge in [0.2, 0.25) is 0 Å². The number of carbonyl (C=O) groups is 1. The molecule has 0 spiro atoms. The molecule has 1 rings (SSSR count). The number of rotatable bonds is 8. The molecule has 0 aliphatic carbocycles. The van der Waals surface area contributed by atoms with Crippen molar-refractivity contribution in [2.75, 3.05) is 13.7 Å². The number of ether oxygens (including phenoxy) is 1. The van der Waals surface area contributed by atoms with Gasteiger partial charge in [-0.3, -0.25) is 9.48 Å². The maximum atomic E-state index is 11.9. The zero-order chi connectivity index (χ0) is 15.2. The van der Waals surface area contributed by atoms with E-state index in [-0.39, 0.29) is 5.97 Å². The van der Waals surface area contributed by atoms with Gasteiger partial charge in [-0.25, -0.2) is 4.98 Å². The zero-order valence-electron chi connectivity index (χ0n) is 13.2. The first kappa shape index (κ1) is 16.6. The van der Waals surface area contributed by atoms with E-state index in [9.17, 15) is 4.79 Å². The molecule has 1 heterocycles. The molecule has 1 N–H and O–H groups in total. The Balaban J connectivity index is 2.58. The van der Waals surface area contributed by atoms with Gasteiger partial charge in [-0.05, 0) is 46.6 Å². The van der Waals surface area contributed by atoms with Crippen molar-refractivity contribution in [2.24, 2.45) is 0 Å². The van der Waals surface area contributed by atoms with Crippen molar-refractivity contribution >= 4 is 5.97 Å². The predicted octanol–water partition coefficient (Wildman–Crippen LogP) is 1.61. The van der Waals surface area contributed by atoms with E-state index in [0.717, 1.165) is 37.6 Å². The van der Waals surface area contributed by atoms with Gasteiger partial charge in [0, 0.05) is 6.54 Å². The summed E-state index contributed by atoms with van der Waals surface area (Å²) < 4.78 is 6.79. The second-order valence-electron chi connectivity index (χ2n) is 5.28. The van der Waals surface area contributed by atoms with Gasteiger partial charge in [0.05, 0.1) is 7.11 Å². The second kappa shape index (κ2) is 7.38. The number of hydrogen-bond acceptors (Lipinski definition) is 5. The summed E-state index contributed by atoms with van der Waals surface area (Å²) in [6.07, 6.45) is 2.53. The van der Waals surface area contributed by atoms with Gasteiger partial charge in [0.1, 0.15) is 17.2 Å². The number of nitrogens with one attached hydrogen (secondary N) is 1. The molecule has 0 bridgehead atoms. The van der Waals surface area contributed by atoms with Crippen molar-refractivity contribution in [2.45, 2.75) is 59.0 Å². The van der Waals surface area contributed by atoms with Crippen LogP contribution in [0.2, 0.25) is 0 Å². The number of aryl methyl sites for hydroxylation is 3. The summed E-state index contributed by atoms with van der Waals surface area (Å²) >= 11 is 0. The van der Waals surface area contributed by atoms with Gasteiger partial charge < -0.3 is 10.1 Å². The van der Waals surface area contributed by atoms with Crippen LogP contribution in [0.5, 0.6) is 0 Å². The molecule has 0 aromatic carbocycles. The topological polar surface area (TPSA) is 69.0 Å². The summed E-state index contributed by atoms with van der Waals surface area (Å²) in [5, 5.41) is 7.61. The first-order chi connectivity index (χ1) is 9.42. The monoisotopic (exact) mass is 282 g/mol. The Morgan fingerprint density at radius 2 is 2.15 bits per heavy atom. The van der Waals surface area contributed by atoms with Crippen molar-refractivity contribution in [1.29, 1.82) is 0 Å². The predicted molar refractivity (Wildman–Crippen MR) is 77.4 cm³/mol. The molecule has 0 radical (unpaired) electrons. The van der Waals surface area contributed by atoms with E-state index >= 15 is 0 Å². The van der Waals surface area contributed by atoms with E-state index in [2.05, 4.69) is 22.3 Å². The molecule has 0 fully saturated rings. The number of methoxy groups -OCH3 is 1. The van der Waals surface area contributed by atoms with E-state index in [1.165, 1.54) is 7.11 Å². The first-order valence-corrected chi connectivity index (χ1v) is 7.14. The fourth-order valence-corrected chi connectivity index (χ4v) is 2.24. The molecule has 0 saturated heterocycles. The van der Waals surface area contributed by atoms with Crippen molar-refractivity contribution in [3.05, 3.63) is 11.6 Å². The van der Waals surface area contributed by atoms with E-state index in [0.29, 0.717) is 6.42 Å². The quantitative estimate of drug-likeness (QED) is 0.734. The highest BCUT2D eigenvalue weighted by Gasteiger charge is 2.32. The largest absolute Gasteiger partial charge is 0.468 e. The standard InChI is InChI=1S/C14H26N4O2/c1-6-9-15-14(4,13(19)20-5)8-7-10-18-12(3)16-11(2)17-18/h15H,6-10H2,1-5H3. The molecule has 0 amide bonds. The zero-order valence-corrected chi connectivity index (χ0v) is 13.2. The van der Waals surface area contributed by atoms with Gasteiger partial charge in [0.15, 0.2) is 0 Å². The molecule has 20 heavy (non-hydrogen) atoms. The lowest BCUT2D eigenvalue weighted by Gasteiger charge is -2.28. The molecule has 1 aromatic rings. The maximum absolute atomic E-state index is 11.9. The third-order valence-electron chi connectivity index (χ3n) is 3.41. The van der Waals surface area contributed by atoms with Crippen LogP contribution in [0.4, 0.5) is 0 Å². The first-order valence-electron chi connectivity index (χ1n) is 7.14. The number of aromatic nitrogens is 3. The Hall–Kier alpha value is -1.43. The lowest BCUT2D eigenvalue weighted by molar-refractivity contribution is -0.148. The molecular weight excluding hydrogens is 256 g/mol. The Bertz CT molecular complexity index is 444. The Morgan fingerprint density at radius 1 is 1.45 bits per heavy atom. The van der Waals surface area contributed by atoms with E-state index in [4.69, 9.17) is 4.74 Å². The molecule has 0 aliphatic heterocycles. The Morgan fingerprint density at radius 3 is 2.65 bits per heavy atom. The molecule has 1 unspecified atom stereocenters. The van der Waals surface area contributed by atoms with Crippen LogP contribution in [-0.2, 0) is 16.1 Å². The van der Waals surface area contributed by atoms with Gasteiger partial charge >= 0.3 is 5.97 Å². The van der Waals surface area contributed by atoms with Crippen LogP contribution in [0, 0.1) is 13.8 Å². The molecule has 0 saturated carbocycles. The Kier molecular flexibility index (Phi) is 6.13. The lowest BCUT2D eigenvalue weighted by atomic mass is 9.95. The average Bonchev–Trinajstić information content (AvgIpc) is 2.73. The van der Waals surface area contributed by atoms with Crippen LogP contribution < -0.4 is 5.32 Å². The lowest BCUT2D eigenvalue weighted by Crippen LogP contribution is -2.50. The smallest absolute Gasteiger partial charge is 0.325 e. The van der Waals surface area contributed by atoms with Crippen LogP contribution >= 0.6 is 0 Å². The van der Waals surface area contributed by atoms with Crippen LogP contribution in [-0.4, -0.2) is 39.9 Å².